The molecule has 124 valence electrons. The van der Waals surface area contributed by atoms with E-state index in [1.54, 1.807) is 0 Å². The van der Waals surface area contributed by atoms with E-state index in [4.69, 9.17) is 0 Å². The number of fused-ring (bicyclic) bond motifs is 5. The van der Waals surface area contributed by atoms with Gasteiger partial charge in [0.1, 0.15) is 0 Å². The van der Waals surface area contributed by atoms with E-state index in [0.717, 1.165) is 42.9 Å². The molecule has 6 atom stereocenters. The first-order valence-corrected chi connectivity index (χ1v) is 9.88. The van der Waals surface area contributed by atoms with E-state index in [1.165, 1.54) is 50.5 Å². The summed E-state index contributed by atoms with van der Waals surface area (Å²) in [6.07, 6.45) is 12.4. The third-order valence-corrected chi connectivity index (χ3v) is 8.78. The third kappa shape index (κ3) is 1.86. The van der Waals surface area contributed by atoms with E-state index in [1.807, 2.05) is 0 Å². The van der Waals surface area contributed by atoms with Gasteiger partial charge in [-0.25, -0.2) is 4.39 Å². The summed E-state index contributed by atoms with van der Waals surface area (Å²) < 4.78 is 14.5. The van der Waals surface area contributed by atoms with E-state index >= 15 is 0 Å². The smallest absolute Gasteiger partial charge is 0.0997 e. The average molecular weight is 304 g/mol. The van der Waals surface area contributed by atoms with Crippen LogP contribution in [0.4, 0.5) is 4.39 Å². The summed E-state index contributed by atoms with van der Waals surface area (Å²) in [6.45, 7) is 7.42. The fraction of sp³-hybridized carbons (Fsp3) is 0.905. The van der Waals surface area contributed by atoms with E-state index in [0.29, 0.717) is 5.41 Å². The van der Waals surface area contributed by atoms with Gasteiger partial charge in [0.15, 0.2) is 0 Å². The summed E-state index contributed by atoms with van der Waals surface area (Å²) in [7, 11) is 0. The van der Waals surface area contributed by atoms with Crippen LogP contribution in [0.25, 0.3) is 0 Å². The summed E-state index contributed by atoms with van der Waals surface area (Å²) in [5, 5.41) is 0. The Bertz CT molecular complexity index is 492. The molecule has 4 aliphatic rings. The van der Waals surface area contributed by atoms with Gasteiger partial charge in [-0.05, 0) is 97.9 Å². The molecule has 0 nitrogen and oxygen atoms in total. The number of halogens is 1. The molecule has 0 aromatic carbocycles. The third-order valence-electron chi connectivity index (χ3n) is 8.78. The van der Waals surface area contributed by atoms with Crippen LogP contribution in [0.15, 0.2) is 11.4 Å². The molecule has 4 aliphatic carbocycles. The van der Waals surface area contributed by atoms with E-state index in [2.05, 4.69) is 20.8 Å². The van der Waals surface area contributed by atoms with Gasteiger partial charge in [-0.3, -0.25) is 0 Å². The second-order valence-corrected chi connectivity index (χ2v) is 9.30. The lowest BCUT2D eigenvalue weighted by Gasteiger charge is -2.58. The molecule has 0 unspecified atom stereocenters. The van der Waals surface area contributed by atoms with Crippen molar-refractivity contribution in [1.82, 2.24) is 0 Å². The van der Waals surface area contributed by atoms with Gasteiger partial charge in [0.25, 0.3) is 0 Å². The molecule has 0 heterocycles. The minimum absolute atomic E-state index is 0.205. The molecular weight excluding hydrogens is 271 g/mol. The van der Waals surface area contributed by atoms with Crippen LogP contribution < -0.4 is 0 Å². The first kappa shape index (κ1) is 15.2. The number of hydrogen-bond acceptors (Lipinski definition) is 0. The molecule has 0 spiro atoms. The topological polar surface area (TPSA) is 0 Å². The number of hydrogen-bond donors (Lipinski definition) is 0. The number of rotatable bonds is 1. The van der Waals surface area contributed by atoms with Crippen molar-refractivity contribution in [2.45, 2.75) is 85.0 Å². The quantitative estimate of drug-likeness (QED) is 0.508. The monoisotopic (exact) mass is 304 g/mol. The van der Waals surface area contributed by atoms with Crippen LogP contribution in [0.3, 0.4) is 0 Å². The van der Waals surface area contributed by atoms with Crippen molar-refractivity contribution in [3.05, 3.63) is 11.4 Å². The summed E-state index contributed by atoms with van der Waals surface area (Å²) in [6, 6.07) is 0. The fourth-order valence-electron chi connectivity index (χ4n) is 7.62. The molecular formula is C21H33F. The lowest BCUT2D eigenvalue weighted by molar-refractivity contribution is -0.0533. The molecule has 0 aromatic heterocycles. The summed E-state index contributed by atoms with van der Waals surface area (Å²) in [5.41, 5.74) is 2.05. The maximum Gasteiger partial charge on any atom is 0.0997 e. The molecule has 3 fully saturated rings. The molecule has 4 rings (SSSR count). The van der Waals surface area contributed by atoms with Crippen molar-refractivity contribution < 1.29 is 4.39 Å². The highest BCUT2D eigenvalue weighted by Gasteiger charge is 2.58. The molecule has 1 heteroatoms. The zero-order chi connectivity index (χ0) is 15.5. The second-order valence-electron chi connectivity index (χ2n) is 9.30. The maximum absolute atomic E-state index is 14.5. The predicted octanol–water partition coefficient (Wildman–Crippen LogP) is 6.66. The average Bonchev–Trinajstić information content (AvgIpc) is 2.83. The van der Waals surface area contributed by atoms with Gasteiger partial charge in [-0.15, -0.1) is 0 Å². The van der Waals surface area contributed by atoms with Crippen LogP contribution in [0.5, 0.6) is 0 Å². The Labute approximate surface area is 135 Å². The molecule has 0 amide bonds. The molecule has 0 radical (unpaired) electrons. The molecule has 0 bridgehead atoms. The molecule has 0 N–H and O–H groups in total. The SMILES string of the molecule is CC[C@H]1CC[C@H]2[C@@H]3CCC4=C(F)CCC[C@]4(C)[C@H]3CC[C@]12C. The van der Waals surface area contributed by atoms with Crippen LogP contribution >= 0.6 is 0 Å². The van der Waals surface area contributed by atoms with E-state index in [-0.39, 0.29) is 11.2 Å². The maximum atomic E-state index is 14.5. The lowest BCUT2D eigenvalue weighted by Crippen LogP contribution is -2.50. The molecule has 22 heavy (non-hydrogen) atoms. The van der Waals surface area contributed by atoms with Crippen molar-refractivity contribution in [3.63, 3.8) is 0 Å². The van der Waals surface area contributed by atoms with Crippen molar-refractivity contribution >= 4 is 0 Å². The second kappa shape index (κ2) is 5.08. The summed E-state index contributed by atoms with van der Waals surface area (Å²) in [4.78, 5) is 0. The fourth-order valence-corrected chi connectivity index (χ4v) is 7.62. The largest absolute Gasteiger partial charge is 0.212 e. The Hall–Kier alpha value is -0.330. The van der Waals surface area contributed by atoms with Crippen molar-refractivity contribution in [2.75, 3.05) is 0 Å². The van der Waals surface area contributed by atoms with Crippen molar-refractivity contribution in [2.24, 2.45) is 34.5 Å². The normalized spacial score (nSPS) is 51.3. The van der Waals surface area contributed by atoms with Crippen LogP contribution in [0.1, 0.15) is 85.0 Å². The molecule has 0 aromatic rings. The Kier molecular flexibility index (Phi) is 3.51. The Morgan fingerprint density at radius 2 is 1.82 bits per heavy atom. The summed E-state index contributed by atoms with van der Waals surface area (Å²) in [5.74, 6) is 3.81. The van der Waals surface area contributed by atoms with Crippen LogP contribution in [0.2, 0.25) is 0 Å². The first-order chi connectivity index (χ1) is 10.5. The highest BCUT2D eigenvalue weighted by Crippen LogP contribution is 2.67. The Morgan fingerprint density at radius 3 is 2.59 bits per heavy atom. The standard InChI is InChI=1S/C21H33F/c1-4-14-7-9-16-15-8-10-18-19(22)6-5-12-21(18,3)17(15)11-13-20(14,16)2/h14-17H,4-13H2,1-3H3/t14-,15-,16-,17-,20+,21+/m0/s1. The first-order valence-electron chi connectivity index (χ1n) is 9.88. The zero-order valence-electron chi connectivity index (χ0n) is 14.8. The van der Waals surface area contributed by atoms with Gasteiger partial charge in [-0.2, -0.15) is 0 Å². The lowest BCUT2D eigenvalue weighted by atomic mass is 9.46. The van der Waals surface area contributed by atoms with Gasteiger partial charge in [0.2, 0.25) is 0 Å². The van der Waals surface area contributed by atoms with Crippen molar-refractivity contribution in [3.8, 4) is 0 Å². The Morgan fingerprint density at radius 1 is 1.00 bits per heavy atom. The highest BCUT2D eigenvalue weighted by atomic mass is 19.1. The van der Waals surface area contributed by atoms with E-state index < -0.39 is 0 Å². The van der Waals surface area contributed by atoms with Crippen molar-refractivity contribution in [1.29, 1.82) is 0 Å². The minimum atomic E-state index is 0.205. The highest BCUT2D eigenvalue weighted by molar-refractivity contribution is 5.26. The van der Waals surface area contributed by atoms with Gasteiger partial charge in [0, 0.05) is 0 Å². The zero-order valence-corrected chi connectivity index (χ0v) is 14.8. The van der Waals surface area contributed by atoms with Crippen LogP contribution in [-0.4, -0.2) is 0 Å². The van der Waals surface area contributed by atoms with E-state index in [9.17, 15) is 4.39 Å². The summed E-state index contributed by atoms with van der Waals surface area (Å²) >= 11 is 0. The van der Waals surface area contributed by atoms with Gasteiger partial charge in [0.05, 0.1) is 5.83 Å². The predicted molar refractivity (Wildman–Crippen MR) is 90.2 cm³/mol. The van der Waals surface area contributed by atoms with Gasteiger partial charge >= 0.3 is 0 Å². The molecule has 3 saturated carbocycles. The van der Waals surface area contributed by atoms with Crippen LogP contribution in [-0.2, 0) is 0 Å². The van der Waals surface area contributed by atoms with Crippen LogP contribution in [0, 0.1) is 34.5 Å². The molecule has 0 saturated heterocycles. The van der Waals surface area contributed by atoms with Gasteiger partial charge < -0.3 is 0 Å². The minimum Gasteiger partial charge on any atom is -0.212 e. The van der Waals surface area contributed by atoms with Gasteiger partial charge in [-0.1, -0.05) is 27.2 Å². The number of allylic oxidation sites excluding steroid dienone is 2. The molecule has 0 aliphatic heterocycles. The Balaban J connectivity index is 1.68.